The van der Waals surface area contributed by atoms with Crippen molar-refractivity contribution in [3.05, 3.63) is 16.9 Å². The van der Waals surface area contributed by atoms with Crippen LogP contribution in [0.1, 0.15) is 12.8 Å². The summed E-state index contributed by atoms with van der Waals surface area (Å²) in [5.74, 6) is -0.383. The largest absolute Gasteiger partial charge is 0.862 e. The summed E-state index contributed by atoms with van der Waals surface area (Å²) in [5, 5.41) is 27.6. The summed E-state index contributed by atoms with van der Waals surface area (Å²) in [6.45, 7) is 0. The molecule has 0 radical (unpaired) electrons. The third kappa shape index (κ3) is 1.67. The first-order chi connectivity index (χ1) is 5.24. The van der Waals surface area contributed by atoms with E-state index in [2.05, 4.69) is 9.97 Å². The van der Waals surface area contributed by atoms with Crippen LogP contribution in [0.15, 0.2) is 17.0 Å². The first-order valence-corrected chi connectivity index (χ1v) is 3.21. The van der Waals surface area contributed by atoms with E-state index in [1.807, 2.05) is 0 Å². The molecule has 0 aliphatic carbocycles. The highest BCUT2D eigenvalue weighted by molar-refractivity contribution is 5.73. The van der Waals surface area contributed by atoms with Gasteiger partial charge in [0.1, 0.15) is 6.04 Å². The van der Waals surface area contributed by atoms with Crippen molar-refractivity contribution in [3.8, 4) is 0 Å². The maximum Gasteiger partial charge on any atom is 0.389 e. The molecule has 0 bridgehead atoms. The molecule has 0 spiro atoms. The zero-order chi connectivity index (χ0) is 8.27. The fourth-order valence-electron chi connectivity index (χ4n) is 0.922. The van der Waals surface area contributed by atoms with Crippen LogP contribution in [0.25, 0.3) is 4.98 Å². The van der Waals surface area contributed by atoms with Crippen LogP contribution in [-0.4, -0.2) is 17.0 Å². The molecule has 1 unspecified atom stereocenters. The monoisotopic (exact) mass is 153 g/mol. The summed E-state index contributed by atoms with van der Waals surface area (Å²) in [4.78, 5) is 6.20. The molecule has 5 nitrogen and oxygen atoms in total. The third-order valence-electron chi connectivity index (χ3n) is 1.46. The van der Waals surface area contributed by atoms with E-state index < -0.39 is 6.04 Å². The van der Waals surface area contributed by atoms with E-state index in [-0.39, 0.29) is 11.7 Å². The molecule has 1 atom stereocenters. The molecule has 1 aliphatic rings. The average Bonchev–Trinajstić information content (AvgIpc) is 2.36. The Balaban J connectivity index is 2.65. The normalized spacial score (nSPS) is 24.5. The summed E-state index contributed by atoms with van der Waals surface area (Å²) >= 11 is 0. The van der Waals surface area contributed by atoms with Gasteiger partial charge in [0, 0.05) is 0 Å². The molecule has 0 fully saturated rings. The topological polar surface area (TPSA) is 83.8 Å². The Kier molecular flexibility index (Phi) is 2.06. The minimum atomic E-state index is -0.501. The maximum absolute atomic E-state index is 10.6. The Morgan fingerprint density at radius 2 is 2.64 bits per heavy atom. The smallest absolute Gasteiger partial charge is 0.389 e. The van der Waals surface area contributed by atoms with Crippen molar-refractivity contribution < 1.29 is 10.2 Å². The number of diazo groups is 1. The van der Waals surface area contributed by atoms with Gasteiger partial charge in [-0.1, -0.05) is 0 Å². The zero-order valence-corrected chi connectivity index (χ0v) is 5.77. The first-order valence-electron chi connectivity index (χ1n) is 3.21. The lowest BCUT2D eigenvalue weighted by Gasteiger charge is -1.99. The van der Waals surface area contributed by atoms with Crippen LogP contribution in [0.2, 0.25) is 0 Å². The lowest BCUT2D eigenvalue weighted by atomic mass is 10.2. The van der Waals surface area contributed by atoms with E-state index in [1.54, 1.807) is 0 Å². The standard InChI is InChI=1S/C6H7N3O2/c7-8-3-5(10)4-1-2-6(11)9-4/h3-4H,1-2H2,(H-,9,10,11). The Bertz CT molecular complexity index is 251. The van der Waals surface area contributed by atoms with Gasteiger partial charge in [-0.2, -0.15) is 0 Å². The maximum atomic E-state index is 10.6. The van der Waals surface area contributed by atoms with Gasteiger partial charge in [0.2, 0.25) is 11.2 Å². The van der Waals surface area contributed by atoms with Gasteiger partial charge in [0.15, 0.2) is 4.98 Å². The highest BCUT2D eigenvalue weighted by Crippen LogP contribution is 2.16. The fourth-order valence-corrected chi connectivity index (χ4v) is 0.922. The van der Waals surface area contributed by atoms with Gasteiger partial charge >= 0.3 is 6.20 Å². The summed E-state index contributed by atoms with van der Waals surface area (Å²) in [6, 6.07) is -0.501. The molecule has 0 saturated heterocycles. The van der Waals surface area contributed by atoms with E-state index in [9.17, 15) is 5.11 Å². The number of aliphatic hydroxyl groups excluding tert-OH is 1. The van der Waals surface area contributed by atoms with Crippen molar-refractivity contribution in [1.29, 1.82) is 5.39 Å². The van der Waals surface area contributed by atoms with Crippen LogP contribution >= 0.6 is 0 Å². The molecular weight excluding hydrogens is 146 g/mol. The number of aliphatic hydroxyl groups is 1. The average molecular weight is 153 g/mol. The molecule has 1 N–H and O–H groups in total. The molecule has 58 valence electrons. The molecule has 0 aromatic heterocycles. The van der Waals surface area contributed by atoms with Crippen LogP contribution in [0.5, 0.6) is 0 Å². The van der Waals surface area contributed by atoms with Crippen LogP contribution in [0.3, 0.4) is 0 Å². The molecule has 1 aliphatic heterocycles. The molecule has 1 rings (SSSR count). The fraction of sp³-hybridized carbons (Fsp3) is 0.500. The predicted octanol–water partition coefficient (Wildman–Crippen LogP) is 0.160. The Morgan fingerprint density at radius 3 is 3.09 bits per heavy atom. The molecule has 0 aromatic carbocycles. The Morgan fingerprint density at radius 1 is 1.91 bits per heavy atom. The lowest BCUT2D eigenvalue weighted by molar-refractivity contribution is -0.217. The quantitative estimate of drug-likeness (QED) is 0.430. The van der Waals surface area contributed by atoms with Crippen molar-refractivity contribution in [2.75, 3.05) is 0 Å². The van der Waals surface area contributed by atoms with Crippen LogP contribution in [0.4, 0.5) is 0 Å². The van der Waals surface area contributed by atoms with Gasteiger partial charge in [-0.3, -0.25) is 4.99 Å². The summed E-state index contributed by atoms with van der Waals surface area (Å²) in [6.07, 6.45) is 1.73. The summed E-state index contributed by atoms with van der Waals surface area (Å²) < 4.78 is 0. The van der Waals surface area contributed by atoms with Crippen molar-refractivity contribution >= 4 is 5.90 Å². The molecule has 0 amide bonds. The van der Waals surface area contributed by atoms with Gasteiger partial charge in [0.05, 0.1) is 0 Å². The van der Waals surface area contributed by atoms with E-state index in [0.29, 0.717) is 12.8 Å². The number of aliphatic imine (C=N–C) groups is 1. The Labute approximate surface area is 63.3 Å². The van der Waals surface area contributed by atoms with Gasteiger partial charge in [-0.25, -0.2) is 0 Å². The second kappa shape index (κ2) is 3.01. The molecule has 1 heterocycles. The molecule has 11 heavy (non-hydrogen) atoms. The van der Waals surface area contributed by atoms with Crippen LogP contribution in [0, 0.1) is 5.39 Å². The Hall–Kier alpha value is -1.57. The van der Waals surface area contributed by atoms with Crippen molar-refractivity contribution in [3.63, 3.8) is 0 Å². The molecule has 5 heteroatoms. The second-order valence-corrected chi connectivity index (χ2v) is 2.25. The highest BCUT2D eigenvalue weighted by atomic mass is 16.3. The predicted molar refractivity (Wildman–Crippen MR) is 36.3 cm³/mol. The first kappa shape index (κ1) is 7.54. The van der Waals surface area contributed by atoms with E-state index in [4.69, 9.17) is 10.5 Å². The van der Waals surface area contributed by atoms with Crippen LogP contribution in [-0.2, 0) is 0 Å². The molecule has 0 aromatic rings. The summed E-state index contributed by atoms with van der Waals surface area (Å²) in [5.41, 5.74) is 0. The van der Waals surface area contributed by atoms with Gasteiger partial charge in [0.25, 0.3) is 0 Å². The second-order valence-electron chi connectivity index (χ2n) is 2.25. The van der Waals surface area contributed by atoms with Crippen molar-refractivity contribution in [2.24, 2.45) is 4.99 Å². The minimum Gasteiger partial charge on any atom is -0.862 e. The lowest BCUT2D eigenvalue weighted by Crippen LogP contribution is -2.12. The van der Waals surface area contributed by atoms with Gasteiger partial charge in [-0.05, 0) is 18.7 Å². The van der Waals surface area contributed by atoms with Crippen molar-refractivity contribution in [1.82, 2.24) is 0 Å². The highest BCUT2D eigenvalue weighted by Gasteiger charge is 2.19. The number of hydrogen-bond donors (Lipinski definition) is 1. The van der Waals surface area contributed by atoms with E-state index in [1.165, 1.54) is 0 Å². The number of hydrogen-bond acceptors (Lipinski definition) is 4. The molecular formula is C6H7N3O2. The third-order valence-corrected chi connectivity index (χ3v) is 1.46. The van der Waals surface area contributed by atoms with Gasteiger partial charge in [-0.15, -0.1) is 0 Å². The van der Waals surface area contributed by atoms with E-state index >= 15 is 0 Å². The minimum absolute atomic E-state index is 0.168. The molecule has 0 saturated carbocycles. The SMILES string of the molecule is N#[N+]C=C(O)C1CCC([O-])=N1. The van der Waals surface area contributed by atoms with Crippen LogP contribution < -0.4 is 5.11 Å². The van der Waals surface area contributed by atoms with E-state index in [0.717, 1.165) is 6.20 Å². The number of nitrogens with zero attached hydrogens (tertiary/aromatic N) is 3. The zero-order valence-electron chi connectivity index (χ0n) is 5.77. The number of rotatable bonds is 1. The summed E-state index contributed by atoms with van der Waals surface area (Å²) in [7, 11) is 0. The van der Waals surface area contributed by atoms with Crippen molar-refractivity contribution in [2.45, 2.75) is 18.9 Å². The van der Waals surface area contributed by atoms with Gasteiger partial charge < -0.3 is 10.2 Å².